The van der Waals surface area contributed by atoms with E-state index in [2.05, 4.69) is 47.0 Å². The van der Waals surface area contributed by atoms with E-state index in [4.69, 9.17) is 4.42 Å². The number of nitrogens with one attached hydrogen (secondary N) is 6. The molecule has 18 nitrogen and oxygen atoms in total. The van der Waals surface area contributed by atoms with Crippen LogP contribution in [-0.4, -0.2) is 98.9 Å². The average Bonchev–Trinajstić information content (AvgIpc) is 3.70. The Morgan fingerprint density at radius 3 is 2.47 bits per heavy atom. The van der Waals surface area contributed by atoms with E-state index in [1.807, 2.05) is 0 Å². The van der Waals surface area contributed by atoms with Gasteiger partial charge in [-0.05, 0) is 93.1 Å². The lowest BCUT2D eigenvalue weighted by molar-refractivity contribution is -0.136. The van der Waals surface area contributed by atoms with E-state index in [0.29, 0.717) is 60.4 Å². The number of hydrogen-bond donors (Lipinski definition) is 6. The van der Waals surface area contributed by atoms with Gasteiger partial charge in [0.05, 0.1) is 28.7 Å². The highest BCUT2D eigenvalue weighted by molar-refractivity contribution is 6.25. The molecular weight excluding hydrogens is 833 g/mol. The fraction of sp³-hybridized carbons (Fsp3) is 0.341. The van der Waals surface area contributed by atoms with Crippen LogP contribution in [0.2, 0.25) is 0 Å². The van der Waals surface area contributed by atoms with Gasteiger partial charge in [0, 0.05) is 55.6 Å². The number of pyridine rings is 1. The topological polar surface area (TPSA) is 235 Å². The Labute approximate surface area is 365 Å². The number of benzene rings is 2. The predicted molar refractivity (Wildman–Crippen MR) is 228 cm³/mol. The maximum absolute atomic E-state index is 14.0. The van der Waals surface area contributed by atoms with Crippen molar-refractivity contribution in [2.45, 2.75) is 57.4 Å². The third kappa shape index (κ3) is 9.96. The van der Waals surface area contributed by atoms with E-state index in [-0.39, 0.29) is 47.1 Å². The molecule has 1 aliphatic carbocycles. The van der Waals surface area contributed by atoms with Gasteiger partial charge in [-0.25, -0.2) is 23.4 Å². The molecule has 2 aliphatic heterocycles. The minimum Gasteiger partial charge on any atom is -0.444 e. The molecule has 3 aliphatic rings. The minimum atomic E-state index is -3.00. The summed E-state index contributed by atoms with van der Waals surface area (Å²) in [6, 6.07) is 13.6. The van der Waals surface area contributed by atoms with Crippen molar-refractivity contribution in [1.29, 1.82) is 0 Å². The normalized spacial score (nSPS) is 15.9. The van der Waals surface area contributed by atoms with Gasteiger partial charge in [0.15, 0.2) is 11.4 Å². The largest absolute Gasteiger partial charge is 0.444 e. The van der Waals surface area contributed by atoms with Crippen molar-refractivity contribution in [1.82, 2.24) is 40.6 Å². The third-order valence-electron chi connectivity index (χ3n) is 11.0. The van der Waals surface area contributed by atoms with E-state index in [0.717, 1.165) is 37.0 Å². The molecule has 3 aromatic heterocycles. The summed E-state index contributed by atoms with van der Waals surface area (Å²) in [6.45, 7) is 2.95. The van der Waals surface area contributed by atoms with Gasteiger partial charge >= 0.3 is 0 Å². The Hall–Kier alpha value is -7.35. The molecule has 2 aromatic carbocycles. The highest BCUT2D eigenvalue weighted by Gasteiger charge is 2.45. The van der Waals surface area contributed by atoms with Gasteiger partial charge in [0.1, 0.15) is 18.1 Å². The smallest absolute Gasteiger partial charge is 0.284 e. The Morgan fingerprint density at radius 1 is 0.875 bits per heavy atom. The molecule has 1 saturated heterocycles. The zero-order valence-electron chi connectivity index (χ0n) is 34.5. The van der Waals surface area contributed by atoms with Crippen LogP contribution in [0.4, 0.5) is 26.0 Å². The number of hydrogen-bond acceptors (Lipinski definition) is 13. The van der Waals surface area contributed by atoms with Crippen molar-refractivity contribution in [3.63, 3.8) is 0 Å². The highest BCUT2D eigenvalue weighted by Crippen LogP contribution is 2.33. The summed E-state index contributed by atoms with van der Waals surface area (Å²) >= 11 is 0. The zero-order chi connectivity index (χ0) is 44.7. The first kappa shape index (κ1) is 43.3. The number of imide groups is 2. The van der Waals surface area contributed by atoms with Crippen LogP contribution < -0.4 is 31.9 Å². The molecule has 2 fully saturated rings. The molecule has 1 saturated carbocycles. The number of nitrogens with zero attached hydrogens (tertiary/aromatic N) is 5. The van der Waals surface area contributed by atoms with Gasteiger partial charge in [0.25, 0.3) is 30.1 Å². The van der Waals surface area contributed by atoms with Gasteiger partial charge in [-0.1, -0.05) is 12.5 Å². The molecule has 5 heterocycles. The summed E-state index contributed by atoms with van der Waals surface area (Å²) < 4.78 is 34.8. The molecule has 0 bridgehead atoms. The first-order valence-corrected chi connectivity index (χ1v) is 21.1. The lowest BCUT2D eigenvalue weighted by Gasteiger charge is -2.27. The van der Waals surface area contributed by atoms with Crippen LogP contribution >= 0.6 is 0 Å². The number of halogens is 2. The van der Waals surface area contributed by atoms with E-state index < -0.39 is 47.7 Å². The molecule has 6 amide bonds. The van der Waals surface area contributed by atoms with Crippen LogP contribution in [0.15, 0.2) is 77.7 Å². The molecule has 64 heavy (non-hydrogen) atoms. The van der Waals surface area contributed by atoms with Gasteiger partial charge in [0.2, 0.25) is 17.7 Å². The van der Waals surface area contributed by atoms with Gasteiger partial charge in [-0.2, -0.15) is 5.10 Å². The minimum absolute atomic E-state index is 0.0500. The lowest BCUT2D eigenvalue weighted by Crippen LogP contribution is -2.54. The van der Waals surface area contributed by atoms with Crippen molar-refractivity contribution in [3.05, 3.63) is 101 Å². The van der Waals surface area contributed by atoms with Crippen molar-refractivity contribution >= 4 is 52.6 Å². The van der Waals surface area contributed by atoms with Gasteiger partial charge < -0.3 is 31.0 Å². The number of oxazole rings is 1. The zero-order valence-corrected chi connectivity index (χ0v) is 34.5. The number of rotatable bonds is 20. The van der Waals surface area contributed by atoms with Gasteiger partial charge in [-0.15, -0.1) is 0 Å². The maximum atomic E-state index is 14.0. The Balaban J connectivity index is 0.743. The molecule has 1 atom stereocenters. The second-order valence-corrected chi connectivity index (χ2v) is 15.6. The number of unbranched alkanes of at least 4 members (excludes halogenated alkanes) is 2. The van der Waals surface area contributed by atoms with Gasteiger partial charge in [-0.3, -0.25) is 39.0 Å². The maximum Gasteiger partial charge on any atom is 0.284 e. The van der Waals surface area contributed by atoms with E-state index in [1.165, 1.54) is 23.7 Å². The van der Waals surface area contributed by atoms with E-state index >= 15 is 0 Å². The number of aromatic nitrogens is 4. The Kier molecular flexibility index (Phi) is 13.1. The third-order valence-corrected chi connectivity index (χ3v) is 11.0. The number of alkyl halides is 2. The number of anilines is 3. The molecular formula is C44H45F2N11O7. The number of amides is 6. The first-order valence-electron chi connectivity index (χ1n) is 21.1. The summed E-state index contributed by atoms with van der Waals surface area (Å²) in [7, 11) is 0. The van der Waals surface area contributed by atoms with Crippen molar-refractivity contribution in [2.75, 3.05) is 48.7 Å². The van der Waals surface area contributed by atoms with Crippen LogP contribution in [0.5, 0.6) is 0 Å². The SMILES string of the molecule is O=C1CCC(N2C(=O)c3cccc(NCCCCCNCCNC(=O)c4ccc(-n5cc(NC(=O)c6coc(-c7ccnc(NCC8CC8)c7)n6)c(C(F)F)n5)cc4)c3C2=O)C(=O)N1. The molecule has 20 heteroatoms. The summed E-state index contributed by atoms with van der Waals surface area (Å²) in [4.78, 5) is 85.7. The first-order chi connectivity index (χ1) is 31.0. The Morgan fingerprint density at radius 2 is 1.69 bits per heavy atom. The highest BCUT2D eigenvalue weighted by atomic mass is 19.3. The summed E-state index contributed by atoms with van der Waals surface area (Å²) in [5.74, 6) is -1.81. The molecule has 332 valence electrons. The lowest BCUT2D eigenvalue weighted by atomic mass is 10.0. The Bertz CT molecular complexity index is 2570. The number of piperidine rings is 1. The number of carbonyl (C=O) groups excluding carboxylic acids is 6. The molecule has 5 aromatic rings. The second kappa shape index (κ2) is 19.4. The van der Waals surface area contributed by atoms with Crippen LogP contribution in [0, 0.1) is 5.92 Å². The number of fused-ring (bicyclic) bond motifs is 1. The number of carbonyl (C=O) groups is 6. The van der Waals surface area contributed by atoms with Crippen LogP contribution in [0.25, 0.3) is 17.1 Å². The second-order valence-electron chi connectivity index (χ2n) is 15.6. The quantitative estimate of drug-likeness (QED) is 0.0450. The van der Waals surface area contributed by atoms with E-state index in [1.54, 1.807) is 60.8 Å². The summed E-state index contributed by atoms with van der Waals surface area (Å²) in [5.41, 5.74) is 1.33. The average molecular weight is 878 g/mol. The standard InChI is InChI=1S/C44H45F2N11O7/c45-38(46)37-31(52-40(60)32-24-64-42(53-32)27-15-18-49-34(21-27)51-22-25-7-8-25)23-56(55-37)28-11-9-26(10-12-28)39(59)50-20-19-47-16-2-1-3-17-48-30-6-4-5-29-36(30)44(63)57(43(29)62)33-13-14-35(58)54-41(33)61/h4-6,9-12,15,18,21,23-25,33,38,47-48H,1-3,7-8,13-14,16-17,19-20,22H2,(H,49,51)(H,50,59)(H,52,60)(H,54,58,61). The van der Waals surface area contributed by atoms with Crippen LogP contribution in [-0.2, 0) is 9.59 Å². The summed E-state index contributed by atoms with van der Waals surface area (Å²) in [6.07, 6.45) is 6.02. The molecule has 0 radical (unpaired) electrons. The predicted octanol–water partition coefficient (Wildman–Crippen LogP) is 4.94. The molecule has 0 spiro atoms. The monoisotopic (exact) mass is 877 g/mol. The summed E-state index contributed by atoms with van der Waals surface area (Å²) in [5, 5.41) is 21.3. The molecule has 1 unspecified atom stereocenters. The van der Waals surface area contributed by atoms with Crippen molar-refractivity contribution in [2.24, 2.45) is 5.92 Å². The fourth-order valence-corrected chi connectivity index (χ4v) is 7.40. The molecule has 6 N–H and O–H groups in total. The van der Waals surface area contributed by atoms with Crippen molar-refractivity contribution < 1.29 is 42.0 Å². The van der Waals surface area contributed by atoms with E-state index in [9.17, 15) is 37.5 Å². The fourth-order valence-electron chi connectivity index (χ4n) is 7.40. The van der Waals surface area contributed by atoms with Crippen LogP contribution in [0.3, 0.4) is 0 Å². The molecule has 8 rings (SSSR count). The van der Waals surface area contributed by atoms with Crippen molar-refractivity contribution in [3.8, 4) is 17.1 Å². The van der Waals surface area contributed by atoms with Crippen LogP contribution in [0.1, 0.15) is 98.6 Å².